The van der Waals surface area contributed by atoms with Gasteiger partial charge >= 0.3 is 0 Å². The number of carbonyl (C=O) groups is 1. The number of benzene rings is 2. The Bertz CT molecular complexity index is 1260. The summed E-state index contributed by atoms with van der Waals surface area (Å²) in [7, 11) is 0. The Labute approximate surface area is 197 Å². The zero-order chi connectivity index (χ0) is 22.7. The van der Waals surface area contributed by atoms with Crippen LogP contribution < -0.4 is 5.32 Å². The molecule has 2 aromatic carbocycles. The van der Waals surface area contributed by atoms with Crippen LogP contribution in [0.1, 0.15) is 40.7 Å². The van der Waals surface area contributed by atoms with E-state index in [-0.39, 0.29) is 12.3 Å². The number of hydrogen-bond acceptors (Lipinski definition) is 4. The molecule has 2 heterocycles. The molecule has 32 heavy (non-hydrogen) atoms. The van der Waals surface area contributed by atoms with E-state index in [0.29, 0.717) is 0 Å². The molecule has 4 rings (SSSR count). The van der Waals surface area contributed by atoms with E-state index < -0.39 is 0 Å². The second-order valence-corrected chi connectivity index (χ2v) is 8.93. The van der Waals surface area contributed by atoms with E-state index in [1.807, 2.05) is 72.4 Å². The van der Waals surface area contributed by atoms with Crippen LogP contribution in [0.3, 0.4) is 0 Å². The van der Waals surface area contributed by atoms with Gasteiger partial charge in [-0.3, -0.25) is 4.79 Å². The van der Waals surface area contributed by atoms with Crippen LogP contribution in [0, 0.1) is 13.8 Å². The number of para-hydroxylation sites is 1. The predicted molar refractivity (Wildman–Crippen MR) is 131 cm³/mol. The van der Waals surface area contributed by atoms with Gasteiger partial charge in [-0.2, -0.15) is 5.10 Å². The zero-order valence-electron chi connectivity index (χ0n) is 18.4. The number of halogens is 1. The average Bonchev–Trinajstić information content (AvgIpc) is 3.35. The molecule has 7 heteroatoms. The summed E-state index contributed by atoms with van der Waals surface area (Å²) >= 11 is 7.84. The molecule has 0 saturated heterocycles. The van der Waals surface area contributed by atoms with Gasteiger partial charge in [-0.1, -0.05) is 54.9 Å². The van der Waals surface area contributed by atoms with E-state index in [4.69, 9.17) is 16.7 Å². The fourth-order valence-electron chi connectivity index (χ4n) is 3.73. The molecule has 5 nitrogen and oxygen atoms in total. The molecule has 0 fully saturated rings. The first-order valence-corrected chi connectivity index (χ1v) is 11.8. The monoisotopic (exact) mass is 464 g/mol. The highest BCUT2D eigenvalue weighted by Crippen LogP contribution is 2.26. The quantitative estimate of drug-likeness (QED) is 0.368. The average molecular weight is 465 g/mol. The third-order valence-electron chi connectivity index (χ3n) is 5.50. The van der Waals surface area contributed by atoms with Gasteiger partial charge in [0.05, 0.1) is 17.8 Å². The largest absolute Gasteiger partial charge is 0.325 e. The van der Waals surface area contributed by atoms with Crippen molar-refractivity contribution in [3.8, 4) is 5.13 Å². The van der Waals surface area contributed by atoms with Gasteiger partial charge < -0.3 is 5.32 Å². The molecular weight excluding hydrogens is 440 g/mol. The van der Waals surface area contributed by atoms with E-state index >= 15 is 0 Å². The molecule has 0 unspecified atom stereocenters. The van der Waals surface area contributed by atoms with Crippen LogP contribution in [-0.2, 0) is 24.1 Å². The smallest absolute Gasteiger partial charge is 0.230 e. The van der Waals surface area contributed by atoms with Crippen molar-refractivity contribution in [2.75, 3.05) is 5.32 Å². The van der Waals surface area contributed by atoms with Gasteiger partial charge in [0.25, 0.3) is 0 Å². The van der Waals surface area contributed by atoms with Crippen LogP contribution in [0.5, 0.6) is 0 Å². The first-order valence-electron chi connectivity index (χ1n) is 10.6. The number of thiazole rings is 1. The van der Waals surface area contributed by atoms with Crippen molar-refractivity contribution in [2.24, 2.45) is 0 Å². The van der Waals surface area contributed by atoms with Gasteiger partial charge in [-0.05, 0) is 43.5 Å². The number of hydrogen-bond donors (Lipinski definition) is 1. The molecule has 0 aliphatic rings. The van der Waals surface area contributed by atoms with Crippen LogP contribution in [0.25, 0.3) is 5.13 Å². The number of amides is 1. The number of anilines is 1. The molecule has 4 aromatic rings. The molecule has 0 aliphatic heterocycles. The van der Waals surface area contributed by atoms with Gasteiger partial charge in [0.1, 0.15) is 0 Å². The van der Waals surface area contributed by atoms with E-state index in [1.165, 1.54) is 11.3 Å². The fourth-order valence-corrected chi connectivity index (χ4v) is 4.76. The normalized spacial score (nSPS) is 11.0. The Morgan fingerprint density at radius 1 is 1.09 bits per heavy atom. The van der Waals surface area contributed by atoms with E-state index in [9.17, 15) is 4.79 Å². The molecular formula is C25H25ClN4OS. The van der Waals surface area contributed by atoms with Crippen LogP contribution in [0.2, 0.25) is 5.02 Å². The van der Waals surface area contributed by atoms with Gasteiger partial charge in [0, 0.05) is 33.8 Å². The molecule has 1 N–H and O–H groups in total. The number of carbonyl (C=O) groups excluding carboxylic acids is 1. The topological polar surface area (TPSA) is 59.8 Å². The number of nitrogens with zero attached hydrogens (tertiary/aromatic N) is 3. The Hall–Kier alpha value is -2.96. The highest BCUT2D eigenvalue weighted by molar-refractivity contribution is 7.12. The summed E-state index contributed by atoms with van der Waals surface area (Å²) < 4.78 is 1.86. The van der Waals surface area contributed by atoms with Crippen LogP contribution in [-0.4, -0.2) is 20.7 Å². The third-order valence-corrected chi connectivity index (χ3v) is 6.73. The fraction of sp³-hybridized carbons (Fsp3) is 0.240. The zero-order valence-corrected chi connectivity index (χ0v) is 19.9. The first-order chi connectivity index (χ1) is 15.5. The summed E-state index contributed by atoms with van der Waals surface area (Å²) in [6.07, 6.45) is 1.81. The molecule has 0 spiro atoms. The highest BCUT2D eigenvalue weighted by atomic mass is 35.5. The summed E-state index contributed by atoms with van der Waals surface area (Å²) in [5.41, 5.74) is 6.91. The standard InChI is InChI=1S/C25H25ClN4OS/c1-4-18-9-6-8-12-23(18)28-24(31)14-20-15-32-25(27-20)30-17(3)21(16(2)29-30)13-19-10-5-7-11-22(19)26/h5-12,15H,4,13-14H2,1-3H3,(H,28,31). The van der Waals surface area contributed by atoms with E-state index in [1.54, 1.807) is 0 Å². The number of aromatic nitrogens is 3. The second-order valence-electron chi connectivity index (χ2n) is 7.69. The lowest BCUT2D eigenvalue weighted by molar-refractivity contribution is -0.115. The molecule has 1 amide bonds. The minimum absolute atomic E-state index is 0.0736. The minimum atomic E-state index is -0.0736. The Kier molecular flexibility index (Phi) is 6.72. The third kappa shape index (κ3) is 4.76. The lowest BCUT2D eigenvalue weighted by Crippen LogP contribution is -2.15. The molecule has 0 atom stereocenters. The van der Waals surface area contributed by atoms with Crippen molar-refractivity contribution < 1.29 is 4.79 Å². The van der Waals surface area contributed by atoms with Crippen molar-refractivity contribution in [1.82, 2.24) is 14.8 Å². The van der Waals surface area contributed by atoms with Gasteiger partial charge in [-0.25, -0.2) is 9.67 Å². The predicted octanol–water partition coefficient (Wildman–Crippen LogP) is 5.93. The van der Waals surface area contributed by atoms with Gasteiger partial charge in [0.2, 0.25) is 11.0 Å². The van der Waals surface area contributed by atoms with Crippen LogP contribution >= 0.6 is 22.9 Å². The van der Waals surface area contributed by atoms with Crippen LogP contribution in [0.15, 0.2) is 53.9 Å². The molecule has 2 aromatic heterocycles. The second kappa shape index (κ2) is 9.67. The van der Waals surface area contributed by atoms with Crippen molar-refractivity contribution >= 4 is 34.5 Å². The molecule has 0 saturated carbocycles. The van der Waals surface area contributed by atoms with Crippen molar-refractivity contribution in [2.45, 2.75) is 40.0 Å². The van der Waals surface area contributed by atoms with Crippen molar-refractivity contribution in [3.05, 3.63) is 92.7 Å². The molecule has 0 bridgehead atoms. The Balaban J connectivity index is 1.50. The van der Waals surface area contributed by atoms with Crippen molar-refractivity contribution in [1.29, 1.82) is 0 Å². The minimum Gasteiger partial charge on any atom is -0.325 e. The maximum atomic E-state index is 12.6. The molecule has 164 valence electrons. The molecule has 0 radical (unpaired) electrons. The van der Waals surface area contributed by atoms with E-state index in [0.717, 1.165) is 62.5 Å². The SMILES string of the molecule is CCc1ccccc1NC(=O)Cc1csc(-n2nc(C)c(Cc3ccccc3Cl)c2C)n1. The Morgan fingerprint density at radius 2 is 1.81 bits per heavy atom. The summed E-state index contributed by atoms with van der Waals surface area (Å²) in [5.74, 6) is -0.0736. The summed E-state index contributed by atoms with van der Waals surface area (Å²) in [4.78, 5) is 17.3. The summed E-state index contributed by atoms with van der Waals surface area (Å²) in [5, 5.41) is 11.2. The van der Waals surface area contributed by atoms with Gasteiger partial charge in [0.15, 0.2) is 0 Å². The Morgan fingerprint density at radius 3 is 2.56 bits per heavy atom. The summed E-state index contributed by atoms with van der Waals surface area (Å²) in [6.45, 7) is 6.12. The number of rotatable bonds is 7. The van der Waals surface area contributed by atoms with Crippen molar-refractivity contribution in [3.63, 3.8) is 0 Å². The van der Waals surface area contributed by atoms with Crippen LogP contribution in [0.4, 0.5) is 5.69 Å². The highest BCUT2D eigenvalue weighted by Gasteiger charge is 2.17. The number of nitrogens with one attached hydrogen (secondary N) is 1. The molecule has 0 aliphatic carbocycles. The lowest BCUT2D eigenvalue weighted by atomic mass is 10.0. The maximum absolute atomic E-state index is 12.6. The van der Waals surface area contributed by atoms with Gasteiger partial charge in [-0.15, -0.1) is 11.3 Å². The summed E-state index contributed by atoms with van der Waals surface area (Å²) in [6, 6.07) is 15.7. The number of aryl methyl sites for hydroxylation is 2. The first kappa shape index (κ1) is 22.2. The lowest BCUT2D eigenvalue weighted by Gasteiger charge is -2.08. The van der Waals surface area contributed by atoms with E-state index in [2.05, 4.69) is 17.2 Å². The maximum Gasteiger partial charge on any atom is 0.230 e.